The molecule has 0 aliphatic carbocycles. The second kappa shape index (κ2) is 8.74. The van der Waals surface area contributed by atoms with E-state index in [1.54, 1.807) is 37.1 Å². The minimum atomic E-state index is -0.0852. The Balaban J connectivity index is 2.54. The van der Waals surface area contributed by atoms with Crippen molar-refractivity contribution in [2.45, 2.75) is 38.4 Å². The molecule has 0 radical (unpaired) electrons. The number of unbranched alkanes of at least 4 members (excludes halogenated alkanes) is 2. The smallest absolute Gasteiger partial charge is 0.237 e. The number of nitrogens with two attached hydrogens (primary N) is 1. The Bertz CT molecular complexity index is 438. The molecule has 1 rings (SSSR count). The SMILES string of the molecule is CCCCCSC(C)C(=O)Nc1cc(N)ccc1OC. The molecule has 1 atom stereocenters. The van der Waals surface area contributed by atoms with Gasteiger partial charge in [0, 0.05) is 5.69 Å². The van der Waals surface area contributed by atoms with Crippen molar-refractivity contribution in [3.63, 3.8) is 0 Å². The summed E-state index contributed by atoms with van der Waals surface area (Å²) in [6, 6.07) is 5.21. The molecule has 20 heavy (non-hydrogen) atoms. The largest absolute Gasteiger partial charge is 0.495 e. The van der Waals surface area contributed by atoms with Crippen molar-refractivity contribution in [3.05, 3.63) is 18.2 Å². The summed E-state index contributed by atoms with van der Waals surface area (Å²) in [5.41, 5.74) is 6.96. The Labute approximate surface area is 125 Å². The monoisotopic (exact) mass is 296 g/mol. The number of carbonyl (C=O) groups is 1. The van der Waals surface area contributed by atoms with Crippen molar-refractivity contribution in [2.75, 3.05) is 23.9 Å². The first-order chi connectivity index (χ1) is 9.58. The maximum atomic E-state index is 12.1. The quantitative estimate of drug-likeness (QED) is 0.569. The van der Waals surface area contributed by atoms with Crippen LogP contribution in [0.25, 0.3) is 0 Å². The number of thioether (sulfide) groups is 1. The van der Waals surface area contributed by atoms with Crippen LogP contribution in [0.2, 0.25) is 0 Å². The number of nitrogens with one attached hydrogen (secondary N) is 1. The van der Waals surface area contributed by atoms with E-state index in [-0.39, 0.29) is 11.2 Å². The Morgan fingerprint density at radius 1 is 1.45 bits per heavy atom. The van der Waals surface area contributed by atoms with E-state index >= 15 is 0 Å². The van der Waals surface area contributed by atoms with E-state index < -0.39 is 0 Å². The van der Waals surface area contributed by atoms with Gasteiger partial charge in [-0.15, -0.1) is 11.8 Å². The Hall–Kier alpha value is -1.36. The third kappa shape index (κ3) is 5.33. The molecule has 112 valence electrons. The molecule has 0 saturated heterocycles. The maximum Gasteiger partial charge on any atom is 0.237 e. The normalized spacial score (nSPS) is 11.9. The average Bonchev–Trinajstić information content (AvgIpc) is 2.43. The van der Waals surface area contributed by atoms with Crippen LogP contribution in [0.1, 0.15) is 33.1 Å². The highest BCUT2D eigenvalue weighted by Crippen LogP contribution is 2.27. The van der Waals surface area contributed by atoms with E-state index in [1.807, 2.05) is 6.92 Å². The van der Waals surface area contributed by atoms with Crippen LogP contribution in [0.5, 0.6) is 5.75 Å². The van der Waals surface area contributed by atoms with Gasteiger partial charge in [-0.2, -0.15) is 0 Å². The molecule has 1 aromatic rings. The fourth-order valence-electron chi connectivity index (χ4n) is 1.75. The van der Waals surface area contributed by atoms with E-state index in [1.165, 1.54) is 12.8 Å². The van der Waals surface area contributed by atoms with Crippen molar-refractivity contribution in [1.82, 2.24) is 0 Å². The van der Waals surface area contributed by atoms with Crippen LogP contribution in [-0.4, -0.2) is 24.0 Å². The summed E-state index contributed by atoms with van der Waals surface area (Å²) in [7, 11) is 1.57. The topological polar surface area (TPSA) is 64.4 Å². The lowest BCUT2D eigenvalue weighted by atomic mass is 10.2. The Kier molecular flexibility index (Phi) is 7.30. The highest BCUT2D eigenvalue weighted by molar-refractivity contribution is 8.00. The lowest BCUT2D eigenvalue weighted by molar-refractivity contribution is -0.115. The third-order valence-corrected chi connectivity index (χ3v) is 4.20. The van der Waals surface area contributed by atoms with Gasteiger partial charge < -0.3 is 15.8 Å². The zero-order valence-corrected chi connectivity index (χ0v) is 13.3. The minimum Gasteiger partial charge on any atom is -0.495 e. The molecule has 0 heterocycles. The number of hydrogen-bond donors (Lipinski definition) is 2. The van der Waals surface area contributed by atoms with Gasteiger partial charge in [0.25, 0.3) is 0 Å². The van der Waals surface area contributed by atoms with Crippen molar-refractivity contribution in [3.8, 4) is 5.75 Å². The summed E-state index contributed by atoms with van der Waals surface area (Å²) in [6.07, 6.45) is 3.56. The molecule has 0 bridgehead atoms. The summed E-state index contributed by atoms with van der Waals surface area (Å²) in [4.78, 5) is 12.1. The standard InChI is InChI=1S/C15H24N2O2S/c1-4-5-6-9-20-11(2)15(18)17-13-10-12(16)7-8-14(13)19-3/h7-8,10-11H,4-6,9,16H2,1-3H3,(H,17,18). The number of methoxy groups -OCH3 is 1. The average molecular weight is 296 g/mol. The highest BCUT2D eigenvalue weighted by atomic mass is 32.2. The first-order valence-electron chi connectivity index (χ1n) is 6.94. The number of ether oxygens (including phenoxy) is 1. The molecule has 1 aromatic carbocycles. The molecule has 0 aliphatic rings. The van der Waals surface area contributed by atoms with Gasteiger partial charge in [-0.3, -0.25) is 4.79 Å². The molecular formula is C15H24N2O2S. The molecule has 0 spiro atoms. The maximum absolute atomic E-state index is 12.1. The number of nitrogen functional groups attached to an aromatic ring is 1. The lowest BCUT2D eigenvalue weighted by Gasteiger charge is -2.14. The third-order valence-electron chi connectivity index (χ3n) is 2.97. The van der Waals surface area contributed by atoms with Gasteiger partial charge in [-0.25, -0.2) is 0 Å². The predicted molar refractivity (Wildman–Crippen MR) is 87.5 cm³/mol. The molecule has 0 aliphatic heterocycles. The zero-order valence-electron chi connectivity index (χ0n) is 12.4. The van der Waals surface area contributed by atoms with Gasteiger partial charge in [-0.05, 0) is 37.3 Å². The molecule has 1 amide bonds. The van der Waals surface area contributed by atoms with E-state index in [4.69, 9.17) is 10.5 Å². The lowest BCUT2D eigenvalue weighted by Crippen LogP contribution is -2.23. The molecule has 0 aromatic heterocycles. The minimum absolute atomic E-state index is 0.0181. The van der Waals surface area contributed by atoms with Crippen molar-refractivity contribution < 1.29 is 9.53 Å². The van der Waals surface area contributed by atoms with Crippen LogP contribution < -0.4 is 15.8 Å². The van der Waals surface area contributed by atoms with E-state index in [0.717, 1.165) is 12.2 Å². The van der Waals surface area contributed by atoms with Crippen LogP contribution in [0.3, 0.4) is 0 Å². The molecule has 5 heteroatoms. The summed E-state index contributed by atoms with van der Waals surface area (Å²) >= 11 is 1.68. The predicted octanol–water partition coefficient (Wildman–Crippen LogP) is 3.53. The Morgan fingerprint density at radius 2 is 2.20 bits per heavy atom. The second-order valence-electron chi connectivity index (χ2n) is 4.67. The van der Waals surface area contributed by atoms with Crippen LogP contribution in [0, 0.1) is 0 Å². The summed E-state index contributed by atoms with van der Waals surface area (Å²) < 4.78 is 5.22. The second-order valence-corrected chi connectivity index (χ2v) is 6.12. The number of benzene rings is 1. The Morgan fingerprint density at radius 3 is 2.85 bits per heavy atom. The van der Waals surface area contributed by atoms with Crippen molar-refractivity contribution >= 4 is 29.0 Å². The van der Waals surface area contributed by atoms with Gasteiger partial charge in [0.05, 0.1) is 18.0 Å². The van der Waals surface area contributed by atoms with Crippen LogP contribution in [0.15, 0.2) is 18.2 Å². The first kappa shape index (κ1) is 16.7. The van der Waals surface area contributed by atoms with Crippen molar-refractivity contribution in [2.24, 2.45) is 0 Å². The summed E-state index contributed by atoms with van der Waals surface area (Å²) in [5.74, 6) is 1.61. The van der Waals surface area contributed by atoms with Gasteiger partial charge in [0.1, 0.15) is 5.75 Å². The summed E-state index contributed by atoms with van der Waals surface area (Å²) in [6.45, 7) is 4.09. The number of amides is 1. The van der Waals surface area contributed by atoms with Gasteiger partial charge in [0.15, 0.2) is 0 Å². The first-order valence-corrected chi connectivity index (χ1v) is 7.99. The molecule has 4 nitrogen and oxygen atoms in total. The van der Waals surface area contributed by atoms with Crippen LogP contribution >= 0.6 is 11.8 Å². The molecule has 3 N–H and O–H groups in total. The van der Waals surface area contributed by atoms with E-state index in [9.17, 15) is 4.79 Å². The van der Waals surface area contributed by atoms with Crippen molar-refractivity contribution in [1.29, 1.82) is 0 Å². The molecule has 0 saturated carbocycles. The molecular weight excluding hydrogens is 272 g/mol. The molecule has 1 unspecified atom stereocenters. The zero-order chi connectivity index (χ0) is 15.0. The van der Waals surface area contributed by atoms with Crippen LogP contribution in [-0.2, 0) is 4.79 Å². The fraction of sp³-hybridized carbons (Fsp3) is 0.533. The van der Waals surface area contributed by atoms with Gasteiger partial charge in [-0.1, -0.05) is 19.8 Å². The highest BCUT2D eigenvalue weighted by Gasteiger charge is 2.15. The van der Waals surface area contributed by atoms with E-state index in [0.29, 0.717) is 17.1 Å². The van der Waals surface area contributed by atoms with Gasteiger partial charge in [0.2, 0.25) is 5.91 Å². The number of rotatable bonds is 8. The van der Waals surface area contributed by atoms with Crippen LogP contribution in [0.4, 0.5) is 11.4 Å². The number of anilines is 2. The number of carbonyl (C=O) groups excluding carboxylic acids is 1. The molecule has 0 fully saturated rings. The van der Waals surface area contributed by atoms with E-state index in [2.05, 4.69) is 12.2 Å². The fourth-order valence-corrected chi connectivity index (χ4v) is 2.68. The van der Waals surface area contributed by atoms with Gasteiger partial charge >= 0.3 is 0 Å². The summed E-state index contributed by atoms with van der Waals surface area (Å²) in [5, 5.41) is 2.79. The number of hydrogen-bond acceptors (Lipinski definition) is 4.